The van der Waals surface area contributed by atoms with Crippen LogP contribution in [0.25, 0.3) is 0 Å². The summed E-state index contributed by atoms with van der Waals surface area (Å²) in [6.45, 7) is 13.2. The molecule has 1 atom stereocenters. The molecule has 0 aliphatic carbocycles. The molecule has 1 heterocycles. The number of rotatable bonds is 6. The van der Waals surface area contributed by atoms with Gasteiger partial charge < -0.3 is 14.7 Å². The Labute approximate surface area is 105 Å². The Bertz CT molecular complexity index is 232. The van der Waals surface area contributed by atoms with Gasteiger partial charge in [0.05, 0.1) is 18.3 Å². The zero-order valence-corrected chi connectivity index (χ0v) is 11.5. The van der Waals surface area contributed by atoms with E-state index in [1.807, 2.05) is 13.8 Å². The predicted octanol–water partition coefficient (Wildman–Crippen LogP) is 2.06. The van der Waals surface area contributed by atoms with E-state index in [2.05, 4.69) is 18.4 Å². The summed E-state index contributed by atoms with van der Waals surface area (Å²) in [6.07, 6.45) is 3.85. The van der Waals surface area contributed by atoms with Gasteiger partial charge in [0.25, 0.3) is 0 Å². The lowest BCUT2D eigenvalue weighted by Crippen LogP contribution is -2.40. The van der Waals surface area contributed by atoms with Crippen LogP contribution in [0.5, 0.6) is 0 Å². The predicted molar refractivity (Wildman–Crippen MR) is 71.1 cm³/mol. The number of hydrogen-bond acceptors (Lipinski definition) is 3. The zero-order chi connectivity index (χ0) is 12.9. The molecule has 0 aromatic heterocycles. The highest BCUT2D eigenvalue weighted by Gasteiger charge is 2.20. The van der Waals surface area contributed by atoms with Gasteiger partial charge in [-0.15, -0.1) is 6.58 Å². The molecule has 0 spiro atoms. The Balaban J connectivity index is 2.21. The van der Waals surface area contributed by atoms with E-state index in [0.717, 1.165) is 25.6 Å². The maximum Gasteiger partial charge on any atom is 0.0900 e. The SMILES string of the molecule is C=CC(C)(C)OC[C@@H](O)CN1CCC(C)CC1. The monoisotopic (exact) mass is 241 g/mol. The molecule has 1 rings (SSSR count). The Kier molecular flexibility index (Phi) is 5.63. The molecular weight excluding hydrogens is 214 g/mol. The first kappa shape index (κ1) is 14.7. The second kappa shape index (κ2) is 6.53. The largest absolute Gasteiger partial charge is 0.389 e. The van der Waals surface area contributed by atoms with E-state index in [-0.39, 0.29) is 5.60 Å². The number of ether oxygens (including phenoxy) is 1. The van der Waals surface area contributed by atoms with Crippen molar-refractivity contribution in [3.05, 3.63) is 12.7 Å². The summed E-state index contributed by atoms with van der Waals surface area (Å²) in [5, 5.41) is 9.93. The number of nitrogens with zero attached hydrogens (tertiary/aromatic N) is 1. The van der Waals surface area contributed by atoms with Gasteiger partial charge in [-0.2, -0.15) is 0 Å². The normalized spacial score (nSPS) is 21.4. The van der Waals surface area contributed by atoms with Crippen molar-refractivity contribution in [2.75, 3.05) is 26.2 Å². The smallest absolute Gasteiger partial charge is 0.0900 e. The van der Waals surface area contributed by atoms with E-state index in [4.69, 9.17) is 4.74 Å². The summed E-state index contributed by atoms with van der Waals surface area (Å²) in [5.41, 5.74) is -0.350. The second-order valence-corrected chi connectivity index (χ2v) is 5.76. The Morgan fingerprint density at radius 1 is 1.47 bits per heavy atom. The molecule has 0 radical (unpaired) electrons. The standard InChI is InChI=1S/C14H27NO2/c1-5-14(3,4)17-11-13(16)10-15-8-6-12(2)7-9-15/h5,12-13,16H,1,6-11H2,2-4H3/t13-/m0/s1. The van der Waals surface area contributed by atoms with Gasteiger partial charge in [-0.1, -0.05) is 13.0 Å². The minimum absolute atomic E-state index is 0.350. The van der Waals surface area contributed by atoms with Crippen molar-refractivity contribution in [3.63, 3.8) is 0 Å². The second-order valence-electron chi connectivity index (χ2n) is 5.76. The molecule has 0 amide bonds. The average Bonchev–Trinajstić information content (AvgIpc) is 2.30. The number of β-amino-alcohol motifs (C(OH)–C–C–N with tert-alkyl or cyclic N) is 1. The van der Waals surface area contributed by atoms with Crippen LogP contribution >= 0.6 is 0 Å². The number of piperidine rings is 1. The molecule has 0 aromatic rings. The topological polar surface area (TPSA) is 32.7 Å². The van der Waals surface area contributed by atoms with Crippen molar-refractivity contribution in [3.8, 4) is 0 Å². The van der Waals surface area contributed by atoms with Crippen molar-refractivity contribution in [1.29, 1.82) is 0 Å². The maximum atomic E-state index is 9.93. The minimum Gasteiger partial charge on any atom is -0.389 e. The molecule has 0 aromatic carbocycles. The lowest BCUT2D eigenvalue weighted by Gasteiger charge is -2.32. The van der Waals surface area contributed by atoms with E-state index >= 15 is 0 Å². The van der Waals surface area contributed by atoms with Gasteiger partial charge in [0.2, 0.25) is 0 Å². The van der Waals surface area contributed by atoms with Crippen LogP contribution in [0.1, 0.15) is 33.6 Å². The summed E-state index contributed by atoms with van der Waals surface area (Å²) in [7, 11) is 0. The third kappa shape index (κ3) is 5.66. The average molecular weight is 241 g/mol. The van der Waals surface area contributed by atoms with Crippen molar-refractivity contribution in [2.45, 2.75) is 45.3 Å². The van der Waals surface area contributed by atoms with Gasteiger partial charge in [0.1, 0.15) is 0 Å². The first-order chi connectivity index (χ1) is 7.93. The Morgan fingerprint density at radius 2 is 2.06 bits per heavy atom. The fourth-order valence-electron chi connectivity index (χ4n) is 1.97. The van der Waals surface area contributed by atoms with Crippen molar-refractivity contribution < 1.29 is 9.84 Å². The van der Waals surface area contributed by atoms with Gasteiger partial charge in [0, 0.05) is 6.54 Å². The van der Waals surface area contributed by atoms with Gasteiger partial charge in [-0.3, -0.25) is 0 Å². The first-order valence-electron chi connectivity index (χ1n) is 6.61. The van der Waals surface area contributed by atoms with Crippen LogP contribution in [-0.2, 0) is 4.74 Å². The lowest BCUT2D eigenvalue weighted by molar-refractivity contribution is -0.0437. The van der Waals surface area contributed by atoms with Crippen molar-refractivity contribution in [1.82, 2.24) is 4.90 Å². The molecule has 0 saturated carbocycles. The number of hydrogen-bond donors (Lipinski definition) is 1. The highest BCUT2D eigenvalue weighted by Crippen LogP contribution is 2.16. The van der Waals surface area contributed by atoms with E-state index < -0.39 is 6.10 Å². The van der Waals surface area contributed by atoms with Crippen LogP contribution in [0.2, 0.25) is 0 Å². The van der Waals surface area contributed by atoms with Crippen LogP contribution in [0, 0.1) is 5.92 Å². The van der Waals surface area contributed by atoms with E-state index in [1.165, 1.54) is 12.8 Å². The summed E-state index contributed by atoms with van der Waals surface area (Å²) in [5.74, 6) is 0.833. The van der Waals surface area contributed by atoms with Crippen molar-refractivity contribution in [2.24, 2.45) is 5.92 Å². The highest BCUT2D eigenvalue weighted by atomic mass is 16.5. The van der Waals surface area contributed by atoms with Gasteiger partial charge >= 0.3 is 0 Å². The van der Waals surface area contributed by atoms with Crippen LogP contribution in [0.15, 0.2) is 12.7 Å². The highest BCUT2D eigenvalue weighted by molar-refractivity contribution is 4.89. The van der Waals surface area contributed by atoms with Gasteiger partial charge in [-0.25, -0.2) is 0 Å². The maximum absolute atomic E-state index is 9.93. The Hall–Kier alpha value is -0.380. The zero-order valence-electron chi connectivity index (χ0n) is 11.5. The van der Waals surface area contributed by atoms with Gasteiger partial charge in [0.15, 0.2) is 0 Å². The third-order valence-corrected chi connectivity index (χ3v) is 3.48. The van der Waals surface area contributed by atoms with Crippen LogP contribution in [0.3, 0.4) is 0 Å². The Morgan fingerprint density at radius 3 is 2.59 bits per heavy atom. The quantitative estimate of drug-likeness (QED) is 0.723. The summed E-state index contributed by atoms with van der Waals surface area (Å²) >= 11 is 0. The molecule has 17 heavy (non-hydrogen) atoms. The molecule has 1 aliphatic rings. The molecule has 1 N–H and O–H groups in total. The van der Waals surface area contributed by atoms with Crippen molar-refractivity contribution >= 4 is 0 Å². The summed E-state index contributed by atoms with van der Waals surface area (Å²) < 4.78 is 5.61. The molecule has 3 nitrogen and oxygen atoms in total. The first-order valence-corrected chi connectivity index (χ1v) is 6.61. The molecule has 1 fully saturated rings. The fraction of sp³-hybridized carbons (Fsp3) is 0.857. The van der Waals surface area contributed by atoms with Crippen LogP contribution in [-0.4, -0.2) is 48.0 Å². The van der Waals surface area contributed by atoms with E-state index in [1.54, 1.807) is 6.08 Å². The molecular formula is C14H27NO2. The molecule has 1 saturated heterocycles. The molecule has 0 unspecified atom stereocenters. The molecule has 3 heteroatoms. The lowest BCUT2D eigenvalue weighted by atomic mass is 9.99. The number of likely N-dealkylation sites (tertiary alicyclic amines) is 1. The minimum atomic E-state index is -0.400. The van der Waals surface area contributed by atoms with E-state index in [9.17, 15) is 5.11 Å². The van der Waals surface area contributed by atoms with Crippen LogP contribution < -0.4 is 0 Å². The van der Waals surface area contributed by atoms with Gasteiger partial charge in [-0.05, 0) is 45.7 Å². The van der Waals surface area contributed by atoms with Crippen LogP contribution in [0.4, 0.5) is 0 Å². The molecule has 100 valence electrons. The third-order valence-electron chi connectivity index (χ3n) is 3.48. The summed E-state index contributed by atoms with van der Waals surface area (Å²) in [6, 6.07) is 0. The fourth-order valence-corrected chi connectivity index (χ4v) is 1.97. The summed E-state index contributed by atoms with van der Waals surface area (Å²) in [4.78, 5) is 2.33. The molecule has 1 aliphatic heterocycles. The van der Waals surface area contributed by atoms with E-state index in [0.29, 0.717) is 6.61 Å². The molecule has 0 bridgehead atoms. The number of aliphatic hydroxyl groups is 1. The number of aliphatic hydroxyl groups excluding tert-OH is 1.